The molecule has 168 valence electrons. The quantitative estimate of drug-likeness (QED) is 0.166. The number of benzene rings is 1. The Kier molecular flexibility index (Phi) is 9.15. The van der Waals surface area contributed by atoms with Crippen molar-refractivity contribution in [3.8, 4) is 12.3 Å². The maximum absolute atomic E-state index is 12.9. The van der Waals surface area contributed by atoms with Gasteiger partial charge in [-0.25, -0.2) is 4.79 Å². The first-order valence-electron chi connectivity index (χ1n) is 9.47. The lowest BCUT2D eigenvalue weighted by atomic mass is 9.90. The minimum absolute atomic E-state index is 0.00325. The molecule has 0 aliphatic carbocycles. The summed E-state index contributed by atoms with van der Waals surface area (Å²) in [5.41, 5.74) is 15.8. The van der Waals surface area contributed by atoms with Crippen LogP contribution in [0.2, 0.25) is 0 Å². The van der Waals surface area contributed by atoms with Crippen molar-refractivity contribution in [3.63, 3.8) is 0 Å². The first-order valence-corrected chi connectivity index (χ1v) is 10.3. The predicted molar refractivity (Wildman–Crippen MR) is 114 cm³/mol. The van der Waals surface area contributed by atoms with Crippen LogP contribution in [0.4, 0.5) is 0 Å². The van der Waals surface area contributed by atoms with Gasteiger partial charge in [-0.05, 0) is 24.6 Å². The van der Waals surface area contributed by atoms with Gasteiger partial charge >= 0.3 is 5.97 Å². The number of aliphatic hydroxyl groups is 2. The van der Waals surface area contributed by atoms with Crippen LogP contribution < -0.4 is 5.73 Å². The van der Waals surface area contributed by atoms with Crippen LogP contribution >= 0.6 is 11.8 Å². The number of terminal acetylenes is 1. The van der Waals surface area contributed by atoms with Gasteiger partial charge < -0.3 is 30.2 Å². The summed E-state index contributed by atoms with van der Waals surface area (Å²) in [7, 11) is 1.22. The largest absolute Gasteiger partial charge is 0.466 e. The van der Waals surface area contributed by atoms with Crippen molar-refractivity contribution >= 4 is 17.7 Å². The van der Waals surface area contributed by atoms with Gasteiger partial charge in [-0.2, -0.15) is 0 Å². The second-order valence-electron chi connectivity index (χ2n) is 7.05. The van der Waals surface area contributed by atoms with E-state index in [4.69, 9.17) is 31.9 Å². The summed E-state index contributed by atoms with van der Waals surface area (Å²) in [5, 5.41) is 24.2. The number of carbonyl (C=O) groups excluding carboxylic acids is 1. The van der Waals surface area contributed by atoms with Crippen molar-refractivity contribution < 1.29 is 29.2 Å². The number of aliphatic hydroxyl groups excluding tert-OH is 2. The first-order chi connectivity index (χ1) is 14.8. The van der Waals surface area contributed by atoms with Gasteiger partial charge in [0.1, 0.15) is 18.8 Å². The molecule has 0 saturated carbocycles. The highest BCUT2D eigenvalue weighted by molar-refractivity contribution is 8.01. The second-order valence-corrected chi connectivity index (χ2v) is 8.38. The number of aryl methyl sites for hydroxylation is 1. The van der Waals surface area contributed by atoms with E-state index in [0.717, 1.165) is 17.3 Å². The summed E-state index contributed by atoms with van der Waals surface area (Å²) in [6, 6.07) is 6.47. The van der Waals surface area contributed by atoms with Crippen molar-refractivity contribution in [1.82, 2.24) is 0 Å². The van der Waals surface area contributed by atoms with Gasteiger partial charge in [-0.1, -0.05) is 40.5 Å². The summed E-state index contributed by atoms with van der Waals surface area (Å²) >= 11 is 1.08. The third-order valence-corrected chi connectivity index (χ3v) is 6.12. The highest BCUT2D eigenvalue weighted by Gasteiger charge is 2.55. The van der Waals surface area contributed by atoms with E-state index in [2.05, 4.69) is 15.9 Å². The number of rotatable bonds is 9. The van der Waals surface area contributed by atoms with E-state index in [9.17, 15) is 15.0 Å². The standard InChI is InChI=1S/C20H26N4O6S/c1-4-9-29-15-10-20(19(27)28-3,31-13-7-5-12(2)6-8-13)30-18(16(15)21)17(26)14(25)11-23-24-22/h1,5-8,14-18,25-26H,9-11,21H2,2-3H3/t14-,15+,16-,17-,18-,20-/m1/s1. The van der Waals surface area contributed by atoms with Gasteiger partial charge in [0.15, 0.2) is 0 Å². The molecule has 0 radical (unpaired) electrons. The average molecular weight is 451 g/mol. The molecule has 1 aliphatic heterocycles. The molecule has 31 heavy (non-hydrogen) atoms. The molecule has 4 N–H and O–H groups in total. The molecule has 0 aromatic heterocycles. The van der Waals surface area contributed by atoms with E-state index in [1.54, 1.807) is 0 Å². The Morgan fingerprint density at radius 3 is 2.77 bits per heavy atom. The Balaban J connectivity index is 2.43. The summed E-state index contributed by atoms with van der Waals surface area (Å²) < 4.78 is 16.7. The smallest absolute Gasteiger partial charge is 0.349 e. The Morgan fingerprint density at radius 2 is 2.19 bits per heavy atom. The number of nitrogens with two attached hydrogens (primary N) is 1. The van der Waals surface area contributed by atoms with Crippen molar-refractivity contribution in [2.75, 3.05) is 20.3 Å². The topological polar surface area (TPSA) is 160 Å². The molecule has 6 atom stereocenters. The maximum atomic E-state index is 12.9. The highest BCUT2D eigenvalue weighted by atomic mass is 32.2. The molecular weight excluding hydrogens is 424 g/mol. The van der Waals surface area contributed by atoms with Crippen LogP contribution in [-0.4, -0.2) is 71.8 Å². The molecule has 0 unspecified atom stereocenters. The fourth-order valence-electron chi connectivity index (χ4n) is 3.22. The molecule has 11 heteroatoms. The fourth-order valence-corrected chi connectivity index (χ4v) is 4.45. The van der Waals surface area contributed by atoms with E-state index in [1.165, 1.54) is 7.11 Å². The van der Waals surface area contributed by atoms with Crippen LogP contribution in [-0.2, 0) is 19.0 Å². The number of esters is 1. The second kappa shape index (κ2) is 11.4. The van der Waals surface area contributed by atoms with Gasteiger partial charge in [0.05, 0.1) is 31.9 Å². The monoisotopic (exact) mass is 450 g/mol. The van der Waals surface area contributed by atoms with E-state index >= 15 is 0 Å². The Bertz CT molecular complexity index is 841. The van der Waals surface area contributed by atoms with Crippen molar-refractivity contribution in [1.29, 1.82) is 0 Å². The predicted octanol–water partition coefficient (Wildman–Crippen LogP) is 1.12. The zero-order valence-electron chi connectivity index (χ0n) is 17.2. The van der Waals surface area contributed by atoms with E-state index in [0.29, 0.717) is 4.90 Å². The van der Waals surface area contributed by atoms with Crippen LogP contribution in [0.5, 0.6) is 0 Å². The molecule has 1 heterocycles. The molecule has 2 rings (SSSR count). The van der Waals surface area contributed by atoms with Crippen LogP contribution in [0.15, 0.2) is 34.3 Å². The minimum atomic E-state index is -1.62. The lowest BCUT2D eigenvalue weighted by molar-refractivity contribution is -0.204. The number of ether oxygens (including phenoxy) is 3. The molecule has 1 aromatic rings. The average Bonchev–Trinajstić information content (AvgIpc) is 2.78. The third kappa shape index (κ3) is 6.12. The van der Waals surface area contributed by atoms with E-state index < -0.39 is 47.9 Å². The number of thioether (sulfide) groups is 1. The lowest BCUT2D eigenvalue weighted by Crippen LogP contribution is -2.65. The normalized spacial score (nSPS) is 27.4. The number of methoxy groups -OCH3 is 1. The summed E-state index contributed by atoms with van der Waals surface area (Å²) in [6.07, 6.45) is 0.231. The van der Waals surface area contributed by atoms with Gasteiger partial charge in [0, 0.05) is 16.2 Å². The van der Waals surface area contributed by atoms with Crippen LogP contribution in [0.3, 0.4) is 0 Å². The van der Waals surface area contributed by atoms with E-state index in [1.807, 2.05) is 31.2 Å². The first kappa shape index (κ1) is 25.0. The van der Waals surface area contributed by atoms with Gasteiger partial charge in [0.25, 0.3) is 0 Å². The van der Waals surface area contributed by atoms with Gasteiger partial charge in [-0.15, -0.1) is 6.42 Å². The Hall–Kier alpha value is -2.29. The number of carbonyl (C=O) groups is 1. The number of azide groups is 1. The van der Waals surface area contributed by atoms with Crippen LogP contribution in [0.25, 0.3) is 10.4 Å². The Labute approximate surface area is 184 Å². The fraction of sp³-hybridized carbons (Fsp3) is 0.550. The molecule has 1 aliphatic rings. The number of hydrogen-bond donors (Lipinski definition) is 3. The van der Waals surface area contributed by atoms with E-state index in [-0.39, 0.29) is 13.0 Å². The summed E-state index contributed by atoms with van der Waals surface area (Å²) in [5.74, 6) is 1.64. The third-order valence-electron chi connectivity index (χ3n) is 4.85. The van der Waals surface area contributed by atoms with Crippen molar-refractivity contribution in [3.05, 3.63) is 40.3 Å². The van der Waals surface area contributed by atoms with Gasteiger partial charge in [-0.3, -0.25) is 0 Å². The summed E-state index contributed by atoms with van der Waals surface area (Å²) in [6.45, 7) is 1.45. The zero-order chi connectivity index (χ0) is 23.0. The molecule has 1 saturated heterocycles. The van der Waals surface area contributed by atoms with Gasteiger partial charge in [0.2, 0.25) is 4.93 Å². The number of hydrogen-bond acceptors (Lipinski definition) is 9. The minimum Gasteiger partial charge on any atom is -0.466 e. The summed E-state index contributed by atoms with van der Waals surface area (Å²) in [4.78, 5) is 14.5. The molecule has 0 spiro atoms. The van der Waals surface area contributed by atoms with Crippen LogP contribution in [0, 0.1) is 19.3 Å². The maximum Gasteiger partial charge on any atom is 0.349 e. The van der Waals surface area contributed by atoms with Crippen molar-refractivity contribution in [2.45, 2.75) is 53.6 Å². The number of nitrogens with zero attached hydrogens (tertiary/aromatic N) is 3. The molecule has 10 nitrogen and oxygen atoms in total. The Morgan fingerprint density at radius 1 is 1.52 bits per heavy atom. The van der Waals surface area contributed by atoms with Crippen LogP contribution in [0.1, 0.15) is 12.0 Å². The molecule has 0 amide bonds. The molecular formula is C20H26N4O6S. The molecule has 1 fully saturated rings. The lowest BCUT2D eigenvalue weighted by Gasteiger charge is -2.47. The zero-order valence-corrected chi connectivity index (χ0v) is 18.1. The molecule has 1 aromatic carbocycles. The molecule has 0 bridgehead atoms. The SMILES string of the molecule is C#CCO[C@H]1C[C@@](Sc2ccc(C)cc2)(C(=O)OC)O[C@@H]([C@H](O)[C@H](O)CN=[N+]=[N-])[C@@H]1N. The highest BCUT2D eigenvalue weighted by Crippen LogP contribution is 2.44. The van der Waals surface area contributed by atoms with Crippen molar-refractivity contribution in [2.24, 2.45) is 10.8 Å².